The highest BCUT2D eigenvalue weighted by Gasteiger charge is 2.27. The zero-order valence-electron chi connectivity index (χ0n) is 11.8. The second-order valence-corrected chi connectivity index (χ2v) is 6.33. The Kier molecular flexibility index (Phi) is 5.39. The Balaban J connectivity index is 2.21. The van der Waals surface area contributed by atoms with Gasteiger partial charge in [-0.3, -0.25) is 4.90 Å². The molecule has 2 N–H and O–H groups in total. The smallest absolute Gasteiger partial charge is 0.0500 e. The zero-order valence-corrected chi connectivity index (χ0v) is 13.4. The summed E-state index contributed by atoms with van der Waals surface area (Å²) in [6.07, 6.45) is 1.00. The molecule has 1 heterocycles. The molecule has 1 aromatic rings. The molecule has 1 aliphatic heterocycles. The number of piperazine rings is 1. The molecule has 0 radical (unpaired) electrons. The van der Waals surface area contributed by atoms with Gasteiger partial charge in [0, 0.05) is 36.7 Å². The Bertz CT molecular complexity index is 402. The van der Waals surface area contributed by atoms with Crippen LogP contribution in [0.1, 0.15) is 24.9 Å². The Morgan fingerprint density at radius 3 is 2.53 bits per heavy atom. The van der Waals surface area contributed by atoms with E-state index in [1.165, 1.54) is 5.56 Å². The first kappa shape index (κ1) is 15.0. The maximum absolute atomic E-state index is 6.39. The van der Waals surface area contributed by atoms with Crippen LogP contribution >= 0.6 is 15.9 Å². The Morgan fingerprint density at radius 2 is 1.95 bits per heavy atom. The van der Waals surface area contributed by atoms with Crippen molar-refractivity contribution in [3.05, 3.63) is 34.3 Å². The molecule has 1 aromatic carbocycles. The van der Waals surface area contributed by atoms with E-state index >= 15 is 0 Å². The van der Waals surface area contributed by atoms with Gasteiger partial charge in [0.2, 0.25) is 0 Å². The molecule has 2 rings (SSSR count). The third-order valence-corrected chi connectivity index (χ3v) is 4.49. The molecule has 0 bridgehead atoms. The Labute approximate surface area is 124 Å². The van der Waals surface area contributed by atoms with E-state index in [0.717, 1.165) is 37.1 Å². The summed E-state index contributed by atoms with van der Waals surface area (Å²) in [5, 5.41) is 0. The lowest BCUT2D eigenvalue weighted by Crippen LogP contribution is -2.50. The minimum absolute atomic E-state index is 0.192. The monoisotopic (exact) mass is 325 g/mol. The van der Waals surface area contributed by atoms with Crippen LogP contribution in [-0.4, -0.2) is 49.1 Å². The standard InChI is InChI=1S/C15H24BrN3/c1-3-14(17)15(12-5-4-6-13(16)11-12)19-9-7-18(2)8-10-19/h4-6,11,14-15H,3,7-10,17H2,1-2H3. The molecule has 2 unspecified atom stereocenters. The van der Waals surface area contributed by atoms with E-state index in [-0.39, 0.29) is 6.04 Å². The zero-order chi connectivity index (χ0) is 13.8. The number of hydrogen-bond donors (Lipinski definition) is 1. The lowest BCUT2D eigenvalue weighted by Gasteiger charge is -2.40. The van der Waals surface area contributed by atoms with E-state index in [1.807, 2.05) is 0 Å². The lowest BCUT2D eigenvalue weighted by molar-refractivity contribution is 0.0969. The van der Waals surface area contributed by atoms with Crippen LogP contribution in [0.25, 0.3) is 0 Å². The average molecular weight is 326 g/mol. The highest BCUT2D eigenvalue weighted by molar-refractivity contribution is 9.10. The van der Waals surface area contributed by atoms with Crippen molar-refractivity contribution >= 4 is 15.9 Å². The molecular formula is C15H24BrN3. The summed E-state index contributed by atoms with van der Waals surface area (Å²) in [4.78, 5) is 4.92. The van der Waals surface area contributed by atoms with Crippen LogP contribution in [0.4, 0.5) is 0 Å². The largest absolute Gasteiger partial charge is 0.326 e. The van der Waals surface area contributed by atoms with Crippen molar-refractivity contribution in [3.63, 3.8) is 0 Å². The van der Waals surface area contributed by atoms with Gasteiger partial charge in [0.1, 0.15) is 0 Å². The predicted octanol–water partition coefficient (Wildman–Crippen LogP) is 2.47. The van der Waals surface area contributed by atoms with Crippen LogP contribution < -0.4 is 5.73 Å². The number of rotatable bonds is 4. The van der Waals surface area contributed by atoms with Crippen molar-refractivity contribution in [1.82, 2.24) is 9.80 Å². The summed E-state index contributed by atoms with van der Waals surface area (Å²) in [6, 6.07) is 9.10. The van der Waals surface area contributed by atoms with E-state index in [1.54, 1.807) is 0 Å². The highest BCUT2D eigenvalue weighted by Crippen LogP contribution is 2.28. The number of likely N-dealkylation sites (N-methyl/N-ethyl adjacent to an activating group) is 1. The van der Waals surface area contributed by atoms with Crippen LogP contribution in [0.15, 0.2) is 28.7 Å². The number of nitrogens with two attached hydrogens (primary N) is 1. The van der Waals surface area contributed by atoms with Crippen LogP contribution in [-0.2, 0) is 0 Å². The minimum Gasteiger partial charge on any atom is -0.326 e. The number of hydrogen-bond acceptors (Lipinski definition) is 3. The van der Waals surface area contributed by atoms with Crippen molar-refractivity contribution in [1.29, 1.82) is 0 Å². The fraction of sp³-hybridized carbons (Fsp3) is 0.600. The first-order valence-electron chi connectivity index (χ1n) is 7.05. The van der Waals surface area contributed by atoms with E-state index in [9.17, 15) is 0 Å². The molecule has 1 fully saturated rings. The Morgan fingerprint density at radius 1 is 1.26 bits per heavy atom. The van der Waals surface area contributed by atoms with E-state index in [4.69, 9.17) is 5.73 Å². The minimum atomic E-state index is 0.192. The predicted molar refractivity (Wildman–Crippen MR) is 84.2 cm³/mol. The maximum atomic E-state index is 6.39. The molecular weight excluding hydrogens is 302 g/mol. The lowest BCUT2D eigenvalue weighted by atomic mass is 9.95. The fourth-order valence-electron chi connectivity index (χ4n) is 2.74. The van der Waals surface area contributed by atoms with Gasteiger partial charge in [-0.05, 0) is 31.2 Å². The number of halogens is 1. The van der Waals surface area contributed by atoms with E-state index < -0.39 is 0 Å². The SMILES string of the molecule is CCC(N)C(c1cccc(Br)c1)N1CCN(C)CC1. The fourth-order valence-corrected chi connectivity index (χ4v) is 3.16. The molecule has 0 amide bonds. The van der Waals surface area contributed by atoms with E-state index in [2.05, 4.69) is 64.0 Å². The third kappa shape index (κ3) is 3.78. The molecule has 1 aliphatic rings. The number of nitrogens with zero attached hydrogens (tertiary/aromatic N) is 2. The summed E-state index contributed by atoms with van der Waals surface area (Å²) in [5.41, 5.74) is 7.72. The summed E-state index contributed by atoms with van der Waals surface area (Å²) >= 11 is 3.57. The first-order chi connectivity index (χ1) is 9.11. The van der Waals surface area contributed by atoms with Crippen LogP contribution in [0.3, 0.4) is 0 Å². The second-order valence-electron chi connectivity index (χ2n) is 5.41. The van der Waals surface area contributed by atoms with E-state index in [0.29, 0.717) is 6.04 Å². The average Bonchev–Trinajstić information content (AvgIpc) is 2.41. The topological polar surface area (TPSA) is 32.5 Å². The molecule has 0 aromatic heterocycles. The van der Waals surface area contributed by atoms with Gasteiger partial charge < -0.3 is 10.6 Å². The molecule has 3 nitrogen and oxygen atoms in total. The number of benzene rings is 1. The van der Waals surface area contributed by atoms with Gasteiger partial charge in [0.25, 0.3) is 0 Å². The second kappa shape index (κ2) is 6.84. The highest BCUT2D eigenvalue weighted by atomic mass is 79.9. The normalized spacial score (nSPS) is 21.3. The molecule has 0 spiro atoms. The van der Waals surface area contributed by atoms with Gasteiger partial charge in [-0.2, -0.15) is 0 Å². The van der Waals surface area contributed by atoms with Gasteiger partial charge >= 0.3 is 0 Å². The quantitative estimate of drug-likeness (QED) is 0.923. The van der Waals surface area contributed by atoms with Crippen LogP contribution in [0.2, 0.25) is 0 Å². The Hall–Kier alpha value is -0.420. The van der Waals surface area contributed by atoms with Crippen molar-refractivity contribution in [2.45, 2.75) is 25.4 Å². The van der Waals surface area contributed by atoms with Gasteiger partial charge in [-0.15, -0.1) is 0 Å². The van der Waals surface area contributed by atoms with Crippen molar-refractivity contribution in [3.8, 4) is 0 Å². The van der Waals surface area contributed by atoms with Gasteiger partial charge in [-0.1, -0.05) is 35.0 Å². The molecule has 106 valence electrons. The summed E-state index contributed by atoms with van der Waals surface area (Å²) < 4.78 is 1.13. The maximum Gasteiger partial charge on any atom is 0.0500 e. The molecule has 1 saturated heterocycles. The van der Waals surface area contributed by atoms with Crippen molar-refractivity contribution in [2.24, 2.45) is 5.73 Å². The third-order valence-electron chi connectivity index (χ3n) is 4.00. The van der Waals surface area contributed by atoms with Crippen molar-refractivity contribution in [2.75, 3.05) is 33.2 Å². The molecule has 0 saturated carbocycles. The molecule has 0 aliphatic carbocycles. The molecule has 4 heteroatoms. The van der Waals surface area contributed by atoms with Crippen LogP contribution in [0, 0.1) is 0 Å². The summed E-state index contributed by atoms with van der Waals surface area (Å²) in [5.74, 6) is 0. The molecule has 2 atom stereocenters. The molecule has 19 heavy (non-hydrogen) atoms. The summed E-state index contributed by atoms with van der Waals surface area (Å²) in [6.45, 7) is 6.62. The van der Waals surface area contributed by atoms with Gasteiger partial charge in [0.05, 0.1) is 6.04 Å². The van der Waals surface area contributed by atoms with Crippen LogP contribution in [0.5, 0.6) is 0 Å². The first-order valence-corrected chi connectivity index (χ1v) is 7.84. The van der Waals surface area contributed by atoms with Gasteiger partial charge in [0.15, 0.2) is 0 Å². The van der Waals surface area contributed by atoms with Gasteiger partial charge in [-0.25, -0.2) is 0 Å². The van der Waals surface area contributed by atoms with Crippen molar-refractivity contribution < 1.29 is 0 Å². The summed E-state index contributed by atoms with van der Waals surface area (Å²) in [7, 11) is 2.19.